The second kappa shape index (κ2) is 6.46. The largest absolute Gasteiger partial charge is 0.481 e. The Balaban J connectivity index is 2.54. The van der Waals surface area contributed by atoms with Crippen LogP contribution in [-0.4, -0.2) is 54.6 Å². The molecule has 1 aliphatic carbocycles. The summed E-state index contributed by atoms with van der Waals surface area (Å²) < 4.78 is 27.1. The zero-order valence-corrected chi connectivity index (χ0v) is 11.2. The number of aliphatic carboxylic acids is 1. The van der Waals surface area contributed by atoms with Crippen LogP contribution in [0.1, 0.15) is 32.1 Å². The molecule has 0 unspecified atom stereocenters. The summed E-state index contributed by atoms with van der Waals surface area (Å²) in [5, 5.41) is 18.2. The highest BCUT2D eigenvalue weighted by atomic mass is 32.2. The first-order valence-corrected chi connectivity index (χ1v) is 7.40. The summed E-state index contributed by atoms with van der Waals surface area (Å²) >= 11 is 0. The van der Waals surface area contributed by atoms with Crippen LogP contribution in [-0.2, 0) is 15.0 Å². The second-order valence-corrected chi connectivity index (χ2v) is 6.36. The molecule has 0 amide bonds. The number of hydrogen-bond donors (Lipinski definition) is 3. The highest BCUT2D eigenvalue weighted by Crippen LogP contribution is 2.19. The minimum Gasteiger partial charge on any atom is -0.481 e. The zero-order valence-electron chi connectivity index (χ0n) is 10.4. The van der Waals surface area contributed by atoms with Gasteiger partial charge in [-0.15, -0.1) is 0 Å². The molecule has 1 saturated carbocycles. The third-order valence-corrected chi connectivity index (χ3v) is 4.68. The van der Waals surface area contributed by atoms with Crippen LogP contribution in [0.3, 0.4) is 0 Å². The van der Waals surface area contributed by atoms with Crippen molar-refractivity contribution in [3.63, 3.8) is 0 Å². The van der Waals surface area contributed by atoms with Crippen molar-refractivity contribution >= 4 is 16.2 Å². The van der Waals surface area contributed by atoms with Gasteiger partial charge in [0.05, 0.1) is 12.5 Å². The highest BCUT2D eigenvalue weighted by molar-refractivity contribution is 7.87. The Bertz CT molecular complexity index is 384. The van der Waals surface area contributed by atoms with Gasteiger partial charge in [0.1, 0.15) is 0 Å². The number of nitrogens with zero attached hydrogens (tertiary/aromatic N) is 1. The third-order valence-electron chi connectivity index (χ3n) is 3.08. The van der Waals surface area contributed by atoms with E-state index >= 15 is 0 Å². The van der Waals surface area contributed by atoms with E-state index in [9.17, 15) is 18.3 Å². The smallest absolute Gasteiger partial charge is 0.304 e. The van der Waals surface area contributed by atoms with Gasteiger partial charge >= 0.3 is 5.97 Å². The summed E-state index contributed by atoms with van der Waals surface area (Å²) in [5.41, 5.74) is 0. The number of aliphatic hydroxyl groups excluding tert-OH is 1. The van der Waals surface area contributed by atoms with Crippen molar-refractivity contribution in [1.82, 2.24) is 9.03 Å². The summed E-state index contributed by atoms with van der Waals surface area (Å²) in [6.07, 6.45) is 2.06. The molecule has 0 bridgehead atoms. The van der Waals surface area contributed by atoms with Crippen LogP contribution in [0, 0.1) is 0 Å². The van der Waals surface area contributed by atoms with Gasteiger partial charge in [-0.25, -0.2) is 0 Å². The van der Waals surface area contributed by atoms with Gasteiger partial charge in [0.2, 0.25) is 0 Å². The molecule has 0 saturated heterocycles. The maximum Gasteiger partial charge on any atom is 0.304 e. The van der Waals surface area contributed by atoms with Gasteiger partial charge in [0.15, 0.2) is 0 Å². The fraction of sp³-hybridized carbons (Fsp3) is 0.900. The van der Waals surface area contributed by atoms with E-state index in [1.165, 1.54) is 7.05 Å². The lowest BCUT2D eigenvalue weighted by Gasteiger charge is -2.29. The number of nitrogens with one attached hydrogen (secondary N) is 1. The topological polar surface area (TPSA) is 107 Å². The van der Waals surface area contributed by atoms with Crippen LogP contribution in [0.5, 0.6) is 0 Å². The maximum absolute atomic E-state index is 11.9. The number of carboxylic acid groups (broad SMARTS) is 1. The lowest BCUT2D eigenvalue weighted by Crippen LogP contribution is -2.50. The average Bonchev–Trinajstić information content (AvgIpc) is 2.28. The van der Waals surface area contributed by atoms with Gasteiger partial charge in [0, 0.05) is 19.6 Å². The quantitative estimate of drug-likeness (QED) is 0.610. The van der Waals surface area contributed by atoms with Gasteiger partial charge in [-0.05, 0) is 12.8 Å². The van der Waals surface area contributed by atoms with E-state index in [-0.39, 0.29) is 13.0 Å². The lowest BCUT2D eigenvalue weighted by molar-refractivity contribution is -0.137. The van der Waals surface area contributed by atoms with Crippen LogP contribution in [0.4, 0.5) is 0 Å². The molecule has 0 aromatic heterocycles. The molecule has 0 aromatic carbocycles. The Morgan fingerprint density at radius 1 is 1.39 bits per heavy atom. The molecule has 2 atom stereocenters. The summed E-state index contributed by atoms with van der Waals surface area (Å²) in [5.74, 6) is -1.05. The highest BCUT2D eigenvalue weighted by Gasteiger charge is 2.29. The standard InChI is InChI=1S/C10H20N2O5S/c1-12(7-6-10(14)15)18(16,17)11-8-4-2-3-5-9(8)13/h8-9,11,13H,2-7H2,1H3,(H,14,15)/t8-,9-/m0/s1. The number of hydrogen-bond acceptors (Lipinski definition) is 4. The Morgan fingerprint density at radius 3 is 2.56 bits per heavy atom. The molecule has 0 heterocycles. The van der Waals surface area contributed by atoms with E-state index in [0.29, 0.717) is 12.8 Å². The lowest BCUT2D eigenvalue weighted by atomic mass is 9.93. The van der Waals surface area contributed by atoms with Crippen LogP contribution in [0.15, 0.2) is 0 Å². The molecule has 7 nitrogen and oxygen atoms in total. The molecular weight excluding hydrogens is 260 g/mol. The number of carboxylic acids is 1. The number of rotatable bonds is 6. The molecule has 1 fully saturated rings. The van der Waals surface area contributed by atoms with E-state index in [4.69, 9.17) is 5.11 Å². The summed E-state index contributed by atoms with van der Waals surface area (Å²) in [6.45, 7) is -0.0898. The first-order valence-electron chi connectivity index (χ1n) is 5.96. The Hall–Kier alpha value is -0.700. The van der Waals surface area contributed by atoms with Gasteiger partial charge in [-0.2, -0.15) is 17.4 Å². The number of carbonyl (C=O) groups is 1. The molecule has 0 aromatic rings. The van der Waals surface area contributed by atoms with E-state index in [0.717, 1.165) is 17.1 Å². The molecular formula is C10H20N2O5S. The summed E-state index contributed by atoms with van der Waals surface area (Å²) in [7, 11) is -2.41. The molecule has 0 aliphatic heterocycles. The molecule has 18 heavy (non-hydrogen) atoms. The van der Waals surface area contributed by atoms with Gasteiger partial charge in [-0.1, -0.05) is 12.8 Å². The Kier molecular flexibility index (Phi) is 5.51. The monoisotopic (exact) mass is 280 g/mol. The van der Waals surface area contributed by atoms with Crippen LogP contribution < -0.4 is 4.72 Å². The number of aliphatic hydroxyl groups is 1. The van der Waals surface area contributed by atoms with Gasteiger partial charge < -0.3 is 10.2 Å². The predicted octanol–water partition coefficient (Wildman–Crippen LogP) is -0.469. The predicted molar refractivity (Wildman–Crippen MR) is 65.2 cm³/mol. The van der Waals surface area contributed by atoms with Crippen molar-refractivity contribution in [3.05, 3.63) is 0 Å². The molecule has 106 valence electrons. The normalized spacial score (nSPS) is 25.3. The van der Waals surface area contributed by atoms with Gasteiger partial charge in [-0.3, -0.25) is 4.79 Å². The minimum atomic E-state index is -3.73. The first-order chi connectivity index (χ1) is 8.33. The summed E-state index contributed by atoms with van der Waals surface area (Å²) in [4.78, 5) is 10.4. The molecule has 0 spiro atoms. The molecule has 0 radical (unpaired) electrons. The molecule has 1 rings (SSSR count). The van der Waals surface area contributed by atoms with Crippen molar-refractivity contribution in [1.29, 1.82) is 0 Å². The van der Waals surface area contributed by atoms with Crippen molar-refractivity contribution in [2.45, 2.75) is 44.2 Å². The molecule has 3 N–H and O–H groups in total. The van der Waals surface area contributed by atoms with E-state index in [1.54, 1.807) is 0 Å². The van der Waals surface area contributed by atoms with Crippen LogP contribution in [0.25, 0.3) is 0 Å². The molecule has 8 heteroatoms. The third kappa shape index (κ3) is 4.52. The SMILES string of the molecule is CN(CCC(=O)O)S(=O)(=O)N[C@H]1CCCC[C@@H]1O. The van der Waals surface area contributed by atoms with Gasteiger partial charge in [0.25, 0.3) is 10.2 Å². The zero-order chi connectivity index (χ0) is 13.8. The minimum absolute atomic E-state index is 0.0898. The fourth-order valence-electron chi connectivity index (χ4n) is 1.90. The van der Waals surface area contributed by atoms with E-state index in [2.05, 4.69) is 4.72 Å². The van der Waals surface area contributed by atoms with Crippen molar-refractivity contribution in [3.8, 4) is 0 Å². The Labute approximate surface area is 107 Å². The van der Waals surface area contributed by atoms with Crippen molar-refractivity contribution in [2.75, 3.05) is 13.6 Å². The van der Waals surface area contributed by atoms with Crippen LogP contribution in [0.2, 0.25) is 0 Å². The molecule has 1 aliphatic rings. The summed E-state index contributed by atoms with van der Waals surface area (Å²) in [6, 6.07) is -0.476. The van der Waals surface area contributed by atoms with E-state index in [1.807, 2.05) is 0 Å². The average molecular weight is 280 g/mol. The first kappa shape index (κ1) is 15.4. The fourth-order valence-corrected chi connectivity index (χ4v) is 3.07. The second-order valence-electron chi connectivity index (χ2n) is 4.55. The Morgan fingerprint density at radius 2 is 2.00 bits per heavy atom. The van der Waals surface area contributed by atoms with Crippen LogP contribution >= 0.6 is 0 Å². The van der Waals surface area contributed by atoms with E-state index < -0.39 is 28.3 Å². The van der Waals surface area contributed by atoms with Crippen molar-refractivity contribution in [2.24, 2.45) is 0 Å². The van der Waals surface area contributed by atoms with Crippen molar-refractivity contribution < 1.29 is 23.4 Å². The maximum atomic E-state index is 11.9.